The maximum Gasteiger partial charge on any atom is 0.133 e. The summed E-state index contributed by atoms with van der Waals surface area (Å²) in [5.41, 5.74) is 2.15. The normalized spacial score (nSPS) is 15.5. The third-order valence-corrected chi connectivity index (χ3v) is 5.66. The van der Waals surface area contributed by atoms with Crippen molar-refractivity contribution in [2.24, 2.45) is 20.0 Å². The molecule has 4 bridgehead atoms. The maximum absolute atomic E-state index is 10.5. The van der Waals surface area contributed by atoms with Crippen LogP contribution in [0.25, 0.3) is 0 Å². The van der Waals surface area contributed by atoms with Crippen molar-refractivity contribution < 1.29 is 10.2 Å². The molecule has 2 aromatic carbocycles. The fourth-order valence-electron chi connectivity index (χ4n) is 2.78. The Kier molecular flexibility index (Phi) is 8.94. The molecule has 0 aliphatic carbocycles. The molecule has 2 N–H and O–H groups in total. The van der Waals surface area contributed by atoms with Crippen molar-refractivity contribution in [2.75, 3.05) is 37.7 Å². The number of aromatic hydroxyl groups is 2. The summed E-state index contributed by atoms with van der Waals surface area (Å²) >= 11 is 14.1. The van der Waals surface area contributed by atoms with E-state index in [9.17, 15) is 10.2 Å². The number of phenols is 2. The van der Waals surface area contributed by atoms with Gasteiger partial charge in [-0.2, -0.15) is 11.8 Å². The molecule has 31 heavy (non-hydrogen) atoms. The molecule has 0 atom stereocenters. The average Bonchev–Trinajstić information content (AvgIpc) is 2.74. The standard InChI is InChI=1S/C22H22Cl2N4O2S/c23-19-7-15-11-25-1-2-26-12-16-8-20(24)10-18(22(16)30)14-28-4-6-31-5-3-27-13-17(9-19)21(15)29/h7-14,29-30H,1-6H2. The zero-order valence-corrected chi connectivity index (χ0v) is 19.0. The van der Waals surface area contributed by atoms with Gasteiger partial charge < -0.3 is 10.2 Å². The number of nitrogens with zero attached hydrogens (tertiary/aromatic N) is 4. The van der Waals surface area contributed by atoms with E-state index in [-0.39, 0.29) is 11.5 Å². The molecule has 9 heteroatoms. The molecular formula is C22H22Cl2N4O2S. The molecule has 1 aliphatic heterocycles. The molecule has 0 aromatic heterocycles. The fraction of sp³-hybridized carbons (Fsp3) is 0.273. The molecule has 162 valence electrons. The Morgan fingerprint density at radius 1 is 0.581 bits per heavy atom. The van der Waals surface area contributed by atoms with Crippen LogP contribution in [-0.4, -0.2) is 72.8 Å². The molecule has 0 radical (unpaired) electrons. The van der Waals surface area contributed by atoms with Gasteiger partial charge in [0.1, 0.15) is 11.5 Å². The van der Waals surface area contributed by atoms with Gasteiger partial charge in [-0.25, -0.2) is 0 Å². The number of fused-ring (bicyclic) bond motifs is 4. The molecule has 0 saturated carbocycles. The lowest BCUT2D eigenvalue weighted by molar-refractivity contribution is 0.473. The summed E-state index contributed by atoms with van der Waals surface area (Å²) in [6, 6.07) is 6.64. The highest BCUT2D eigenvalue weighted by molar-refractivity contribution is 7.99. The minimum Gasteiger partial charge on any atom is -0.507 e. The van der Waals surface area contributed by atoms with Gasteiger partial charge in [-0.3, -0.25) is 20.0 Å². The van der Waals surface area contributed by atoms with Gasteiger partial charge >= 0.3 is 0 Å². The minimum atomic E-state index is 0.0877. The van der Waals surface area contributed by atoms with Crippen molar-refractivity contribution in [3.05, 3.63) is 56.6 Å². The van der Waals surface area contributed by atoms with Crippen LogP contribution in [0.1, 0.15) is 22.3 Å². The van der Waals surface area contributed by atoms with E-state index in [1.54, 1.807) is 60.9 Å². The van der Waals surface area contributed by atoms with Crippen molar-refractivity contribution in [3.63, 3.8) is 0 Å². The molecule has 0 saturated heterocycles. The predicted molar refractivity (Wildman–Crippen MR) is 133 cm³/mol. The number of hydrogen-bond donors (Lipinski definition) is 2. The van der Waals surface area contributed by atoms with Crippen molar-refractivity contribution in [2.45, 2.75) is 0 Å². The van der Waals surface area contributed by atoms with E-state index in [1.165, 1.54) is 0 Å². The maximum atomic E-state index is 10.5. The van der Waals surface area contributed by atoms with Gasteiger partial charge in [0.05, 0.1) is 13.1 Å². The van der Waals surface area contributed by atoms with Crippen LogP contribution in [0.5, 0.6) is 11.5 Å². The van der Waals surface area contributed by atoms with Gasteiger partial charge in [0, 0.05) is 81.8 Å². The average molecular weight is 477 g/mol. The highest BCUT2D eigenvalue weighted by Crippen LogP contribution is 2.26. The zero-order chi connectivity index (χ0) is 22.1. The lowest BCUT2D eigenvalue weighted by Gasteiger charge is -2.05. The van der Waals surface area contributed by atoms with Gasteiger partial charge in [-0.05, 0) is 24.3 Å². The molecule has 6 nitrogen and oxygen atoms in total. The Hall–Kier alpha value is -2.35. The molecular weight excluding hydrogens is 455 g/mol. The van der Waals surface area contributed by atoms with Crippen LogP contribution in [0.4, 0.5) is 0 Å². The Morgan fingerprint density at radius 2 is 0.903 bits per heavy atom. The van der Waals surface area contributed by atoms with Gasteiger partial charge in [0.25, 0.3) is 0 Å². The molecule has 0 fully saturated rings. The van der Waals surface area contributed by atoms with Crippen LogP contribution in [0.2, 0.25) is 10.0 Å². The molecule has 1 aliphatic rings. The van der Waals surface area contributed by atoms with Crippen molar-refractivity contribution >= 4 is 59.8 Å². The predicted octanol–water partition coefficient (Wildman–Crippen LogP) is 4.53. The Balaban J connectivity index is 1.83. The van der Waals surface area contributed by atoms with E-state index in [1.807, 2.05) is 0 Å². The van der Waals surface area contributed by atoms with Crippen LogP contribution in [0, 0.1) is 0 Å². The summed E-state index contributed by atoms with van der Waals surface area (Å²) in [7, 11) is 0. The highest BCUT2D eigenvalue weighted by atomic mass is 35.5. The zero-order valence-electron chi connectivity index (χ0n) is 16.7. The minimum absolute atomic E-state index is 0.0877. The first kappa shape index (κ1) is 23.3. The summed E-state index contributed by atoms with van der Waals surface area (Å²) < 4.78 is 0. The summed E-state index contributed by atoms with van der Waals surface area (Å²) in [6.45, 7) is 2.02. The monoisotopic (exact) mass is 476 g/mol. The fourth-order valence-corrected chi connectivity index (χ4v) is 3.92. The number of hydrogen-bond acceptors (Lipinski definition) is 7. The first-order valence-electron chi connectivity index (χ1n) is 9.66. The van der Waals surface area contributed by atoms with Gasteiger partial charge in [-0.15, -0.1) is 0 Å². The molecule has 0 unspecified atom stereocenters. The molecule has 0 spiro atoms. The van der Waals surface area contributed by atoms with Crippen molar-refractivity contribution in [1.29, 1.82) is 0 Å². The van der Waals surface area contributed by atoms with E-state index >= 15 is 0 Å². The third-order valence-electron chi connectivity index (χ3n) is 4.28. The second kappa shape index (κ2) is 11.9. The van der Waals surface area contributed by atoms with Gasteiger partial charge in [-0.1, -0.05) is 23.2 Å². The number of rotatable bonds is 0. The Bertz CT molecular complexity index is 957. The SMILES string of the molecule is Oc1c2cc(Cl)cc1C=NCCSCCN=Cc1cc(Cl)cc(c1O)C=NCCN=C2. The summed E-state index contributed by atoms with van der Waals surface area (Å²) in [5.74, 6) is 1.82. The summed E-state index contributed by atoms with van der Waals surface area (Å²) in [4.78, 5) is 17.4. The number of halogens is 2. The van der Waals surface area contributed by atoms with Gasteiger partial charge in [0.2, 0.25) is 0 Å². The number of thioether (sulfide) groups is 1. The second-order valence-corrected chi connectivity index (χ2v) is 8.72. The number of aliphatic imine (C=N–C) groups is 4. The summed E-state index contributed by atoms with van der Waals surface area (Å²) in [5, 5.41) is 21.9. The smallest absolute Gasteiger partial charge is 0.133 e. The third kappa shape index (κ3) is 7.09. The highest BCUT2D eigenvalue weighted by Gasteiger charge is 2.08. The number of benzene rings is 2. The lowest BCUT2D eigenvalue weighted by atomic mass is 10.1. The molecule has 3 rings (SSSR count). The Morgan fingerprint density at radius 3 is 1.26 bits per heavy atom. The molecule has 1 heterocycles. The van der Waals surface area contributed by atoms with Crippen LogP contribution in [-0.2, 0) is 0 Å². The van der Waals surface area contributed by atoms with E-state index in [2.05, 4.69) is 20.0 Å². The first-order valence-corrected chi connectivity index (χ1v) is 11.6. The quantitative estimate of drug-likeness (QED) is 0.585. The van der Waals surface area contributed by atoms with Crippen LogP contribution < -0.4 is 0 Å². The summed E-state index contributed by atoms with van der Waals surface area (Å²) in [6.07, 6.45) is 6.39. The van der Waals surface area contributed by atoms with Crippen molar-refractivity contribution in [3.8, 4) is 11.5 Å². The second-order valence-electron chi connectivity index (χ2n) is 6.62. The van der Waals surface area contributed by atoms with Crippen LogP contribution in [0.15, 0.2) is 44.2 Å². The van der Waals surface area contributed by atoms with E-state index in [4.69, 9.17) is 23.2 Å². The van der Waals surface area contributed by atoms with Crippen LogP contribution in [0.3, 0.4) is 0 Å². The topological polar surface area (TPSA) is 89.9 Å². The van der Waals surface area contributed by atoms with E-state index in [0.717, 1.165) is 11.5 Å². The van der Waals surface area contributed by atoms with E-state index in [0.29, 0.717) is 58.5 Å². The van der Waals surface area contributed by atoms with Crippen molar-refractivity contribution in [1.82, 2.24) is 0 Å². The lowest BCUT2D eigenvalue weighted by Crippen LogP contribution is -1.95. The molecule has 0 amide bonds. The first-order chi connectivity index (χ1) is 15.0. The largest absolute Gasteiger partial charge is 0.507 e. The molecule has 2 aromatic rings. The number of phenolic OH excluding ortho intramolecular Hbond substituents is 2. The Labute approximate surface area is 195 Å². The van der Waals surface area contributed by atoms with Gasteiger partial charge in [0.15, 0.2) is 0 Å². The van der Waals surface area contributed by atoms with Crippen LogP contribution >= 0.6 is 35.0 Å². The van der Waals surface area contributed by atoms with E-state index < -0.39 is 0 Å².